The summed E-state index contributed by atoms with van der Waals surface area (Å²) in [7, 11) is 0. The van der Waals surface area contributed by atoms with Gasteiger partial charge in [-0.15, -0.1) is 12.3 Å². The van der Waals surface area contributed by atoms with Gasteiger partial charge in [-0.2, -0.15) is 0 Å². The van der Waals surface area contributed by atoms with E-state index >= 15 is 0 Å². The van der Waals surface area contributed by atoms with E-state index in [1.807, 2.05) is 24.5 Å². The van der Waals surface area contributed by atoms with Crippen LogP contribution < -0.4 is 5.32 Å². The van der Waals surface area contributed by atoms with Crippen LogP contribution in [0, 0.1) is 12.3 Å². The summed E-state index contributed by atoms with van der Waals surface area (Å²) >= 11 is 0. The third-order valence-corrected chi connectivity index (χ3v) is 2.28. The summed E-state index contributed by atoms with van der Waals surface area (Å²) in [5, 5.41) is 3.46. The molecule has 1 rings (SSSR count). The Hall–Kier alpha value is -1.33. The van der Waals surface area contributed by atoms with Gasteiger partial charge in [0.1, 0.15) is 0 Å². The number of pyridine rings is 1. The molecule has 80 valence electrons. The van der Waals surface area contributed by atoms with Gasteiger partial charge in [0.25, 0.3) is 0 Å². The van der Waals surface area contributed by atoms with Gasteiger partial charge in [0.2, 0.25) is 0 Å². The molecule has 0 aliphatic carbocycles. The number of hydrogen-bond donors (Lipinski definition) is 1. The largest absolute Gasteiger partial charge is 0.313 e. The van der Waals surface area contributed by atoms with Crippen LogP contribution in [-0.4, -0.2) is 17.6 Å². The van der Waals surface area contributed by atoms with Crippen LogP contribution in [0.4, 0.5) is 0 Å². The first kappa shape index (κ1) is 11.7. The molecular weight excluding hydrogens is 184 g/mol. The molecule has 0 saturated heterocycles. The van der Waals surface area contributed by atoms with E-state index in [9.17, 15) is 0 Å². The summed E-state index contributed by atoms with van der Waals surface area (Å²) in [6.07, 6.45) is 11.9. The average molecular weight is 202 g/mol. The molecule has 0 amide bonds. The molecule has 1 N–H and O–H groups in total. The van der Waals surface area contributed by atoms with Crippen LogP contribution in [0.25, 0.3) is 0 Å². The molecule has 2 heteroatoms. The Balaban J connectivity index is 2.47. The lowest BCUT2D eigenvalue weighted by molar-refractivity contribution is 0.517. The van der Waals surface area contributed by atoms with Gasteiger partial charge >= 0.3 is 0 Å². The van der Waals surface area contributed by atoms with E-state index in [4.69, 9.17) is 6.42 Å². The molecule has 1 atom stereocenters. The number of terminal acetylenes is 1. The minimum absolute atomic E-state index is 0.386. The Kier molecular flexibility index (Phi) is 5.50. The Morgan fingerprint density at radius 3 is 2.80 bits per heavy atom. The normalized spacial score (nSPS) is 12.0. The quantitative estimate of drug-likeness (QED) is 0.714. The first-order valence-electron chi connectivity index (χ1n) is 5.42. The zero-order chi connectivity index (χ0) is 10.9. The fraction of sp³-hybridized carbons (Fsp3) is 0.462. The molecule has 15 heavy (non-hydrogen) atoms. The van der Waals surface area contributed by atoms with Crippen molar-refractivity contribution in [2.24, 2.45) is 0 Å². The topological polar surface area (TPSA) is 24.9 Å². The number of hydrogen-bond acceptors (Lipinski definition) is 2. The summed E-state index contributed by atoms with van der Waals surface area (Å²) in [4.78, 5) is 4.00. The second-order valence-electron chi connectivity index (χ2n) is 3.62. The molecule has 0 radical (unpaired) electrons. The maximum atomic E-state index is 5.35. The zero-order valence-electron chi connectivity index (χ0n) is 9.24. The SMILES string of the molecule is C#CCC(Cc1ccncc1)NCCC. The van der Waals surface area contributed by atoms with Gasteiger partial charge < -0.3 is 5.32 Å². The van der Waals surface area contributed by atoms with Gasteiger partial charge in [-0.25, -0.2) is 0 Å². The number of nitrogens with zero attached hydrogens (tertiary/aromatic N) is 1. The molecule has 1 aromatic heterocycles. The van der Waals surface area contributed by atoms with Crippen LogP contribution in [-0.2, 0) is 6.42 Å². The number of rotatable bonds is 6. The highest BCUT2D eigenvalue weighted by Crippen LogP contribution is 2.04. The smallest absolute Gasteiger partial charge is 0.0270 e. The summed E-state index contributed by atoms with van der Waals surface area (Å²) in [5.41, 5.74) is 1.29. The summed E-state index contributed by atoms with van der Waals surface area (Å²) in [6.45, 7) is 3.18. The van der Waals surface area contributed by atoms with Crippen molar-refractivity contribution in [1.29, 1.82) is 0 Å². The van der Waals surface area contributed by atoms with E-state index < -0.39 is 0 Å². The van der Waals surface area contributed by atoms with E-state index in [0.717, 1.165) is 25.8 Å². The van der Waals surface area contributed by atoms with Gasteiger partial charge in [-0.1, -0.05) is 6.92 Å². The monoisotopic (exact) mass is 202 g/mol. The van der Waals surface area contributed by atoms with Crippen molar-refractivity contribution in [1.82, 2.24) is 10.3 Å². The Bertz CT molecular complexity index is 300. The highest BCUT2D eigenvalue weighted by molar-refractivity contribution is 5.12. The Morgan fingerprint density at radius 2 is 2.20 bits per heavy atom. The average Bonchev–Trinajstić information content (AvgIpc) is 2.28. The molecule has 0 bridgehead atoms. The standard InChI is InChI=1S/C13H18N2/c1-3-5-13(15-8-4-2)11-12-6-9-14-10-7-12/h1,6-7,9-10,13,15H,4-5,8,11H2,2H3. The molecule has 1 unspecified atom stereocenters. The predicted molar refractivity (Wildman–Crippen MR) is 63.5 cm³/mol. The second-order valence-corrected chi connectivity index (χ2v) is 3.62. The second kappa shape index (κ2) is 7.03. The van der Waals surface area contributed by atoms with Crippen LogP contribution in [0.2, 0.25) is 0 Å². The zero-order valence-corrected chi connectivity index (χ0v) is 9.24. The molecule has 1 heterocycles. The lowest BCUT2D eigenvalue weighted by Crippen LogP contribution is -2.31. The van der Waals surface area contributed by atoms with E-state index in [1.54, 1.807) is 0 Å². The van der Waals surface area contributed by atoms with Crippen molar-refractivity contribution in [3.05, 3.63) is 30.1 Å². The van der Waals surface area contributed by atoms with Crippen molar-refractivity contribution in [3.63, 3.8) is 0 Å². The number of nitrogens with one attached hydrogen (secondary N) is 1. The van der Waals surface area contributed by atoms with Gasteiger partial charge in [-0.3, -0.25) is 4.98 Å². The third-order valence-electron chi connectivity index (χ3n) is 2.28. The molecule has 0 aliphatic heterocycles. The minimum atomic E-state index is 0.386. The van der Waals surface area contributed by atoms with Crippen molar-refractivity contribution < 1.29 is 0 Å². The third kappa shape index (κ3) is 4.62. The fourth-order valence-corrected chi connectivity index (χ4v) is 1.51. The summed E-state index contributed by atoms with van der Waals surface area (Å²) in [6, 6.07) is 4.46. The molecule has 0 spiro atoms. The highest BCUT2D eigenvalue weighted by Gasteiger charge is 2.06. The number of aromatic nitrogens is 1. The maximum absolute atomic E-state index is 5.35. The van der Waals surface area contributed by atoms with Gasteiger partial charge in [0.05, 0.1) is 0 Å². The molecule has 0 aliphatic rings. The first-order chi connectivity index (χ1) is 7.36. The summed E-state index contributed by atoms with van der Waals surface area (Å²) in [5.74, 6) is 2.72. The molecule has 0 fully saturated rings. The summed E-state index contributed by atoms with van der Waals surface area (Å²) < 4.78 is 0. The molecule has 0 aromatic carbocycles. The molecule has 1 aromatic rings. The van der Waals surface area contributed by atoms with Crippen LogP contribution in [0.1, 0.15) is 25.3 Å². The van der Waals surface area contributed by atoms with Gasteiger partial charge in [0, 0.05) is 24.9 Å². The maximum Gasteiger partial charge on any atom is 0.0270 e. The van der Waals surface area contributed by atoms with Crippen molar-refractivity contribution >= 4 is 0 Å². The van der Waals surface area contributed by atoms with Crippen LogP contribution in [0.5, 0.6) is 0 Å². The highest BCUT2D eigenvalue weighted by atomic mass is 14.9. The lowest BCUT2D eigenvalue weighted by atomic mass is 10.0. The van der Waals surface area contributed by atoms with E-state index in [2.05, 4.69) is 23.1 Å². The van der Waals surface area contributed by atoms with Crippen LogP contribution >= 0.6 is 0 Å². The minimum Gasteiger partial charge on any atom is -0.313 e. The Morgan fingerprint density at radius 1 is 1.47 bits per heavy atom. The lowest BCUT2D eigenvalue weighted by Gasteiger charge is -2.15. The van der Waals surface area contributed by atoms with Crippen LogP contribution in [0.3, 0.4) is 0 Å². The van der Waals surface area contributed by atoms with E-state index in [-0.39, 0.29) is 0 Å². The molecule has 0 saturated carbocycles. The first-order valence-corrected chi connectivity index (χ1v) is 5.42. The van der Waals surface area contributed by atoms with E-state index in [0.29, 0.717) is 6.04 Å². The van der Waals surface area contributed by atoms with Crippen LogP contribution in [0.15, 0.2) is 24.5 Å². The van der Waals surface area contributed by atoms with Crippen molar-refractivity contribution in [2.45, 2.75) is 32.2 Å². The van der Waals surface area contributed by atoms with Crippen molar-refractivity contribution in [2.75, 3.05) is 6.54 Å². The Labute approximate surface area is 92.1 Å². The van der Waals surface area contributed by atoms with Gasteiger partial charge in [0.15, 0.2) is 0 Å². The van der Waals surface area contributed by atoms with Gasteiger partial charge in [-0.05, 0) is 37.1 Å². The molecule has 2 nitrogen and oxygen atoms in total. The van der Waals surface area contributed by atoms with Crippen molar-refractivity contribution in [3.8, 4) is 12.3 Å². The van der Waals surface area contributed by atoms with E-state index in [1.165, 1.54) is 5.56 Å². The predicted octanol–water partition coefficient (Wildman–Crippen LogP) is 2.02. The fourth-order valence-electron chi connectivity index (χ4n) is 1.51. The molecular formula is C13H18N2.